The van der Waals surface area contributed by atoms with Crippen LogP contribution in [0.15, 0.2) is 28.9 Å². The van der Waals surface area contributed by atoms with Crippen LogP contribution in [-0.4, -0.2) is 29.0 Å². The molecule has 2 heterocycles. The van der Waals surface area contributed by atoms with Crippen LogP contribution in [0.25, 0.3) is 10.9 Å². The lowest BCUT2D eigenvalue weighted by Gasteiger charge is -2.27. The van der Waals surface area contributed by atoms with Crippen LogP contribution < -0.4 is 5.32 Å². The Morgan fingerprint density at radius 1 is 1.47 bits per heavy atom. The summed E-state index contributed by atoms with van der Waals surface area (Å²) in [6, 6.07) is 5.77. The lowest BCUT2D eigenvalue weighted by atomic mass is 10.0. The van der Waals surface area contributed by atoms with E-state index >= 15 is 0 Å². The molecule has 0 amide bonds. The van der Waals surface area contributed by atoms with Gasteiger partial charge in [0.25, 0.3) is 0 Å². The highest BCUT2D eigenvalue weighted by Gasteiger charge is 2.28. The number of piperidine rings is 1. The summed E-state index contributed by atoms with van der Waals surface area (Å²) in [5.41, 5.74) is 0.988. The zero-order chi connectivity index (χ0) is 11.8. The summed E-state index contributed by atoms with van der Waals surface area (Å²) in [6.45, 7) is 1.26. The molecule has 0 aliphatic carbocycles. The standard InChI is InChI=1S/C12H13BrFN3/c13-9-3-1-2-8-6-16-17(12(8)9)11-4-5-15-7-10(11)14/h1-3,6,10-11,15H,4-5,7H2/t10-,11-/m1/s1. The van der Waals surface area contributed by atoms with Gasteiger partial charge in [0.1, 0.15) is 6.17 Å². The summed E-state index contributed by atoms with van der Waals surface area (Å²) in [4.78, 5) is 0. The molecule has 1 aromatic heterocycles. The molecular formula is C12H13BrFN3. The second-order valence-corrected chi connectivity index (χ2v) is 5.20. The van der Waals surface area contributed by atoms with Crippen molar-refractivity contribution in [3.63, 3.8) is 0 Å². The number of hydrogen-bond acceptors (Lipinski definition) is 2. The molecule has 1 aromatic carbocycles. The molecule has 2 atom stereocenters. The molecule has 90 valence electrons. The monoisotopic (exact) mass is 297 g/mol. The molecule has 3 nitrogen and oxygen atoms in total. The van der Waals surface area contributed by atoms with Gasteiger partial charge in [-0.05, 0) is 35.0 Å². The molecule has 1 aliphatic rings. The molecule has 0 saturated carbocycles. The van der Waals surface area contributed by atoms with E-state index in [2.05, 4.69) is 26.3 Å². The van der Waals surface area contributed by atoms with Crippen molar-refractivity contribution in [2.24, 2.45) is 0 Å². The number of alkyl halides is 1. The van der Waals surface area contributed by atoms with Crippen LogP contribution in [0, 0.1) is 0 Å². The number of rotatable bonds is 1. The molecule has 1 saturated heterocycles. The van der Waals surface area contributed by atoms with Gasteiger partial charge in [0.2, 0.25) is 0 Å². The molecule has 5 heteroatoms. The minimum atomic E-state index is -0.876. The Kier molecular flexibility index (Phi) is 2.88. The Labute approximate surface area is 107 Å². The highest BCUT2D eigenvalue weighted by molar-refractivity contribution is 9.10. The predicted octanol–water partition coefficient (Wildman–Crippen LogP) is 2.67. The Bertz CT molecular complexity index is 540. The Morgan fingerprint density at radius 3 is 3.18 bits per heavy atom. The molecular weight excluding hydrogens is 285 g/mol. The van der Waals surface area contributed by atoms with E-state index in [1.54, 1.807) is 6.20 Å². The van der Waals surface area contributed by atoms with Crippen molar-refractivity contribution < 1.29 is 4.39 Å². The Hall–Kier alpha value is -0.940. The van der Waals surface area contributed by atoms with Gasteiger partial charge in [0, 0.05) is 16.4 Å². The number of hydrogen-bond donors (Lipinski definition) is 1. The molecule has 1 aliphatic heterocycles. The van der Waals surface area contributed by atoms with Gasteiger partial charge in [-0.1, -0.05) is 12.1 Å². The SMILES string of the molecule is F[C@@H]1CNCC[C@H]1n1ncc2cccc(Br)c21. The van der Waals surface area contributed by atoms with Crippen molar-refractivity contribution in [1.82, 2.24) is 15.1 Å². The van der Waals surface area contributed by atoms with E-state index in [1.165, 1.54) is 0 Å². The number of halogens is 2. The van der Waals surface area contributed by atoms with Crippen molar-refractivity contribution in [1.29, 1.82) is 0 Å². The van der Waals surface area contributed by atoms with Gasteiger partial charge in [-0.25, -0.2) is 4.39 Å². The summed E-state index contributed by atoms with van der Waals surface area (Å²) < 4.78 is 16.7. The van der Waals surface area contributed by atoms with E-state index in [-0.39, 0.29) is 6.04 Å². The second kappa shape index (κ2) is 4.38. The number of nitrogens with zero attached hydrogens (tertiary/aromatic N) is 2. The number of nitrogens with one attached hydrogen (secondary N) is 1. The molecule has 1 fully saturated rings. The molecule has 0 unspecified atom stereocenters. The van der Waals surface area contributed by atoms with E-state index in [9.17, 15) is 4.39 Å². The second-order valence-electron chi connectivity index (χ2n) is 4.34. The van der Waals surface area contributed by atoms with Gasteiger partial charge in [0.15, 0.2) is 0 Å². The van der Waals surface area contributed by atoms with Crippen LogP contribution in [0.4, 0.5) is 4.39 Å². The molecule has 0 bridgehead atoms. The zero-order valence-electron chi connectivity index (χ0n) is 9.24. The minimum absolute atomic E-state index is 0.160. The first-order chi connectivity index (χ1) is 8.27. The zero-order valence-corrected chi connectivity index (χ0v) is 10.8. The van der Waals surface area contributed by atoms with Crippen LogP contribution in [0.5, 0.6) is 0 Å². The Morgan fingerprint density at radius 2 is 2.35 bits per heavy atom. The number of benzene rings is 1. The third kappa shape index (κ3) is 1.87. The van der Waals surface area contributed by atoms with Crippen LogP contribution in [0.1, 0.15) is 12.5 Å². The molecule has 0 radical (unpaired) electrons. The average Bonchev–Trinajstić information content (AvgIpc) is 2.75. The van der Waals surface area contributed by atoms with Crippen LogP contribution >= 0.6 is 15.9 Å². The molecule has 0 spiro atoms. The van der Waals surface area contributed by atoms with Gasteiger partial charge in [0.05, 0.1) is 17.8 Å². The summed E-state index contributed by atoms with van der Waals surface area (Å²) in [7, 11) is 0. The van der Waals surface area contributed by atoms with Crippen molar-refractivity contribution in [3.05, 3.63) is 28.9 Å². The number of para-hydroxylation sites is 1. The molecule has 2 aromatic rings. The fourth-order valence-electron chi connectivity index (χ4n) is 2.39. The molecule has 17 heavy (non-hydrogen) atoms. The van der Waals surface area contributed by atoms with Gasteiger partial charge in [-0.15, -0.1) is 0 Å². The van der Waals surface area contributed by atoms with Crippen LogP contribution in [0.2, 0.25) is 0 Å². The third-order valence-corrected chi connectivity index (χ3v) is 3.90. The molecule has 1 N–H and O–H groups in total. The van der Waals surface area contributed by atoms with Gasteiger partial charge < -0.3 is 5.32 Å². The highest BCUT2D eigenvalue weighted by atomic mass is 79.9. The number of aromatic nitrogens is 2. The van der Waals surface area contributed by atoms with Crippen molar-refractivity contribution in [2.45, 2.75) is 18.6 Å². The number of fused-ring (bicyclic) bond motifs is 1. The van der Waals surface area contributed by atoms with E-state index in [0.29, 0.717) is 6.54 Å². The van der Waals surface area contributed by atoms with E-state index in [1.807, 2.05) is 22.9 Å². The summed E-state index contributed by atoms with van der Waals surface area (Å²) in [6.07, 6.45) is 1.70. The smallest absolute Gasteiger partial charge is 0.135 e. The van der Waals surface area contributed by atoms with Gasteiger partial charge >= 0.3 is 0 Å². The fourth-order valence-corrected chi connectivity index (χ4v) is 2.96. The minimum Gasteiger partial charge on any atom is -0.314 e. The van der Waals surface area contributed by atoms with Crippen LogP contribution in [-0.2, 0) is 0 Å². The highest BCUT2D eigenvalue weighted by Crippen LogP contribution is 2.30. The average molecular weight is 298 g/mol. The summed E-state index contributed by atoms with van der Waals surface area (Å²) >= 11 is 3.51. The molecule has 3 rings (SSSR count). The van der Waals surface area contributed by atoms with Gasteiger partial charge in [-0.2, -0.15) is 5.10 Å². The third-order valence-electron chi connectivity index (χ3n) is 3.26. The predicted molar refractivity (Wildman–Crippen MR) is 68.9 cm³/mol. The first-order valence-corrected chi connectivity index (χ1v) is 6.53. The first kappa shape index (κ1) is 11.2. The van der Waals surface area contributed by atoms with Crippen molar-refractivity contribution in [2.75, 3.05) is 13.1 Å². The normalized spacial score (nSPS) is 25.3. The largest absolute Gasteiger partial charge is 0.314 e. The van der Waals surface area contributed by atoms with Gasteiger partial charge in [-0.3, -0.25) is 4.68 Å². The maximum Gasteiger partial charge on any atom is 0.135 e. The van der Waals surface area contributed by atoms with Crippen LogP contribution in [0.3, 0.4) is 0 Å². The maximum atomic E-state index is 13.9. The first-order valence-electron chi connectivity index (χ1n) is 5.74. The summed E-state index contributed by atoms with van der Waals surface area (Å²) in [5, 5.41) is 8.46. The quantitative estimate of drug-likeness (QED) is 0.877. The fraction of sp³-hybridized carbons (Fsp3) is 0.417. The Balaban J connectivity index is 2.10. The lowest BCUT2D eigenvalue weighted by molar-refractivity contribution is 0.177. The topological polar surface area (TPSA) is 29.9 Å². The van der Waals surface area contributed by atoms with E-state index in [0.717, 1.165) is 28.3 Å². The van der Waals surface area contributed by atoms with Crippen molar-refractivity contribution in [3.8, 4) is 0 Å². The summed E-state index contributed by atoms with van der Waals surface area (Å²) in [5.74, 6) is 0. The maximum absolute atomic E-state index is 13.9. The van der Waals surface area contributed by atoms with E-state index in [4.69, 9.17) is 0 Å². The van der Waals surface area contributed by atoms with E-state index < -0.39 is 6.17 Å². The van der Waals surface area contributed by atoms with Crippen molar-refractivity contribution >= 4 is 26.8 Å². The lowest BCUT2D eigenvalue weighted by Crippen LogP contribution is -2.39.